The Morgan fingerprint density at radius 3 is 2.78 bits per heavy atom. The average molecular weight is 542 g/mol. The van der Waals surface area contributed by atoms with Crippen LogP contribution in [0, 0.1) is 6.92 Å². The molecule has 0 aliphatic rings. The lowest BCUT2D eigenvalue weighted by atomic mass is 10.1. The Labute approximate surface area is 221 Å². The van der Waals surface area contributed by atoms with Crippen LogP contribution in [-0.2, 0) is 6.54 Å². The normalized spacial score (nSPS) is 11.2. The van der Waals surface area contributed by atoms with E-state index in [0.29, 0.717) is 68.5 Å². The molecule has 0 radical (unpaired) electrons. The van der Waals surface area contributed by atoms with Crippen LogP contribution in [0.3, 0.4) is 0 Å². The number of ether oxygens (including phenoxy) is 1. The minimum atomic E-state index is -0.288. The second-order valence-electron chi connectivity index (χ2n) is 7.98. The highest BCUT2D eigenvalue weighted by Gasteiger charge is 2.30. The molecule has 0 bridgehead atoms. The Balaban J connectivity index is 1.57. The van der Waals surface area contributed by atoms with E-state index in [1.165, 1.54) is 11.3 Å². The highest BCUT2D eigenvalue weighted by atomic mass is 35.5. The molecule has 36 heavy (non-hydrogen) atoms. The fourth-order valence-corrected chi connectivity index (χ4v) is 5.44. The number of fused-ring (bicyclic) bond motifs is 1. The third-order valence-corrected chi connectivity index (χ3v) is 7.57. The molecule has 0 unspecified atom stereocenters. The third kappa shape index (κ3) is 4.57. The summed E-state index contributed by atoms with van der Waals surface area (Å²) in [6, 6.07) is 10.7. The fourth-order valence-electron chi connectivity index (χ4n) is 3.93. The van der Waals surface area contributed by atoms with Gasteiger partial charge in [0.05, 0.1) is 28.2 Å². The van der Waals surface area contributed by atoms with Gasteiger partial charge in [-0.1, -0.05) is 57.9 Å². The van der Waals surface area contributed by atoms with Crippen molar-refractivity contribution in [2.45, 2.75) is 19.9 Å². The van der Waals surface area contributed by atoms with E-state index in [0.717, 1.165) is 4.70 Å². The van der Waals surface area contributed by atoms with Crippen molar-refractivity contribution in [3.63, 3.8) is 0 Å². The molecule has 5 aromatic rings. The van der Waals surface area contributed by atoms with Crippen molar-refractivity contribution in [1.82, 2.24) is 19.7 Å². The van der Waals surface area contributed by atoms with Gasteiger partial charge in [0.1, 0.15) is 28.3 Å². The molecule has 1 amide bonds. The van der Waals surface area contributed by atoms with Crippen LogP contribution in [0.25, 0.3) is 21.5 Å². The first-order valence-electron chi connectivity index (χ1n) is 11.1. The topological polar surface area (TPSA) is 86.3 Å². The predicted octanol–water partition coefficient (Wildman–Crippen LogP) is 6.51. The number of anilines is 1. The van der Waals surface area contributed by atoms with Crippen LogP contribution >= 0.6 is 34.5 Å². The predicted molar refractivity (Wildman–Crippen MR) is 141 cm³/mol. The summed E-state index contributed by atoms with van der Waals surface area (Å²) in [6.07, 6.45) is 6.01. The highest BCUT2D eigenvalue weighted by molar-refractivity contribution is 7.23. The van der Waals surface area contributed by atoms with Gasteiger partial charge in [0.15, 0.2) is 5.13 Å². The molecule has 5 rings (SSSR count). The molecule has 184 valence electrons. The number of nitrogens with zero attached hydrogens (tertiary/aromatic N) is 5. The van der Waals surface area contributed by atoms with Gasteiger partial charge in [-0.25, -0.2) is 9.97 Å². The van der Waals surface area contributed by atoms with Crippen LogP contribution in [0.15, 0.2) is 59.6 Å². The summed E-state index contributed by atoms with van der Waals surface area (Å²) in [5.74, 6) is 0.690. The molecule has 0 aliphatic heterocycles. The number of amides is 1. The SMILES string of the molecule is COc1ccc(Cl)c2sc(N(CCCn3ccnc3)C(=O)c3c(-c4ccccc4Cl)noc3C)nc12. The number of methoxy groups -OCH3 is 1. The van der Waals surface area contributed by atoms with Crippen LogP contribution in [0.4, 0.5) is 5.13 Å². The van der Waals surface area contributed by atoms with Gasteiger partial charge >= 0.3 is 0 Å². The zero-order chi connectivity index (χ0) is 25.2. The first-order chi connectivity index (χ1) is 17.5. The van der Waals surface area contributed by atoms with Gasteiger partial charge in [-0.15, -0.1) is 0 Å². The van der Waals surface area contributed by atoms with E-state index in [1.807, 2.05) is 29.0 Å². The number of thiazole rings is 1. The molecule has 0 saturated carbocycles. The summed E-state index contributed by atoms with van der Waals surface area (Å²) in [4.78, 5) is 24.6. The van der Waals surface area contributed by atoms with Crippen molar-refractivity contribution >= 4 is 55.8 Å². The monoisotopic (exact) mass is 541 g/mol. The number of rotatable bonds is 8. The second kappa shape index (κ2) is 10.3. The number of benzene rings is 2. The van der Waals surface area contributed by atoms with Crippen LogP contribution in [0.1, 0.15) is 22.5 Å². The summed E-state index contributed by atoms with van der Waals surface area (Å²) in [7, 11) is 1.58. The van der Waals surface area contributed by atoms with Crippen molar-refractivity contribution in [2.24, 2.45) is 0 Å². The maximum atomic E-state index is 14.1. The largest absolute Gasteiger partial charge is 0.494 e. The molecule has 0 atom stereocenters. The molecule has 0 aliphatic carbocycles. The van der Waals surface area contributed by atoms with Crippen LogP contribution in [0.2, 0.25) is 10.0 Å². The maximum Gasteiger partial charge on any atom is 0.265 e. The number of aryl methyl sites for hydroxylation is 2. The smallest absolute Gasteiger partial charge is 0.265 e. The number of aromatic nitrogens is 4. The van der Waals surface area contributed by atoms with E-state index in [9.17, 15) is 4.79 Å². The van der Waals surface area contributed by atoms with Gasteiger partial charge in [0.2, 0.25) is 0 Å². The van der Waals surface area contributed by atoms with E-state index in [4.69, 9.17) is 37.4 Å². The van der Waals surface area contributed by atoms with Crippen LogP contribution in [-0.4, -0.2) is 39.3 Å². The number of hydrogen-bond acceptors (Lipinski definition) is 7. The molecular weight excluding hydrogens is 521 g/mol. The number of carbonyl (C=O) groups excluding carboxylic acids is 1. The van der Waals surface area contributed by atoms with Crippen molar-refractivity contribution < 1.29 is 14.1 Å². The lowest BCUT2D eigenvalue weighted by molar-refractivity contribution is 0.0985. The third-order valence-electron chi connectivity index (χ3n) is 5.71. The minimum absolute atomic E-state index is 0.288. The summed E-state index contributed by atoms with van der Waals surface area (Å²) >= 11 is 14.2. The van der Waals surface area contributed by atoms with Gasteiger partial charge < -0.3 is 13.8 Å². The molecule has 0 fully saturated rings. The van der Waals surface area contributed by atoms with Crippen molar-refractivity contribution in [2.75, 3.05) is 18.6 Å². The summed E-state index contributed by atoms with van der Waals surface area (Å²) in [5.41, 5.74) is 1.94. The molecule has 8 nitrogen and oxygen atoms in total. The van der Waals surface area contributed by atoms with E-state index in [-0.39, 0.29) is 5.91 Å². The molecule has 11 heteroatoms. The van der Waals surface area contributed by atoms with Gasteiger partial charge in [0.25, 0.3) is 5.91 Å². The van der Waals surface area contributed by atoms with Crippen molar-refractivity contribution in [3.8, 4) is 17.0 Å². The van der Waals surface area contributed by atoms with E-state index in [2.05, 4.69) is 10.1 Å². The lowest BCUT2D eigenvalue weighted by Crippen LogP contribution is -2.33. The molecular formula is C25H21Cl2N5O3S. The van der Waals surface area contributed by atoms with Gasteiger partial charge in [-0.2, -0.15) is 0 Å². The summed E-state index contributed by atoms with van der Waals surface area (Å²) in [5, 5.41) is 5.68. The summed E-state index contributed by atoms with van der Waals surface area (Å²) in [6.45, 7) is 2.78. The van der Waals surface area contributed by atoms with Crippen LogP contribution < -0.4 is 9.64 Å². The lowest BCUT2D eigenvalue weighted by Gasteiger charge is -2.20. The Morgan fingerprint density at radius 1 is 1.19 bits per heavy atom. The number of carbonyl (C=O) groups is 1. The second-order valence-corrected chi connectivity index (χ2v) is 9.77. The standard InChI is InChI=1S/C25H21Cl2N5O3S/c1-15-20(21(30-35-15)16-6-3-4-7-17(16)26)24(33)32(12-5-11-31-13-10-28-14-31)25-29-22-19(34-2)9-8-18(27)23(22)36-25/h3-4,6-10,13-14H,5,11-12H2,1-2H3. The Hall–Kier alpha value is -3.40. The Bertz CT molecular complexity index is 1530. The van der Waals surface area contributed by atoms with Crippen molar-refractivity contribution in [1.29, 1.82) is 0 Å². The average Bonchev–Trinajstić information content (AvgIpc) is 3.63. The molecule has 3 aromatic heterocycles. The number of hydrogen-bond donors (Lipinski definition) is 0. The zero-order valence-electron chi connectivity index (χ0n) is 19.4. The molecule has 2 aromatic carbocycles. The Kier molecular flexibility index (Phi) is 6.95. The fraction of sp³-hybridized carbons (Fsp3) is 0.200. The quantitative estimate of drug-likeness (QED) is 0.222. The molecule has 3 heterocycles. The first-order valence-corrected chi connectivity index (χ1v) is 12.7. The summed E-state index contributed by atoms with van der Waals surface area (Å²) < 4.78 is 13.6. The zero-order valence-corrected chi connectivity index (χ0v) is 21.8. The maximum absolute atomic E-state index is 14.1. The number of halogens is 2. The van der Waals surface area contributed by atoms with Gasteiger partial charge in [-0.3, -0.25) is 9.69 Å². The molecule has 0 saturated heterocycles. The highest BCUT2D eigenvalue weighted by Crippen LogP contribution is 2.40. The van der Waals surface area contributed by atoms with E-state index >= 15 is 0 Å². The van der Waals surface area contributed by atoms with Gasteiger partial charge in [0, 0.05) is 31.0 Å². The first kappa shape index (κ1) is 24.3. The number of imidazole rings is 1. The van der Waals surface area contributed by atoms with Crippen molar-refractivity contribution in [3.05, 3.63) is 76.5 Å². The van der Waals surface area contributed by atoms with Gasteiger partial charge in [-0.05, 0) is 31.5 Å². The molecule has 0 N–H and O–H groups in total. The van der Waals surface area contributed by atoms with E-state index < -0.39 is 0 Å². The van der Waals surface area contributed by atoms with Crippen LogP contribution in [0.5, 0.6) is 5.75 Å². The Morgan fingerprint density at radius 2 is 2.03 bits per heavy atom. The minimum Gasteiger partial charge on any atom is -0.494 e. The molecule has 0 spiro atoms. The van der Waals surface area contributed by atoms with E-state index in [1.54, 1.807) is 49.7 Å².